The van der Waals surface area contributed by atoms with E-state index in [2.05, 4.69) is 5.32 Å². The second-order valence-electron chi connectivity index (χ2n) is 5.55. The van der Waals surface area contributed by atoms with Crippen LogP contribution < -0.4 is 25.3 Å². The van der Waals surface area contributed by atoms with Crippen LogP contribution in [-0.4, -0.2) is 25.2 Å². The molecule has 1 unspecified atom stereocenters. The zero-order chi connectivity index (χ0) is 17.8. The number of nitrogens with two attached hydrogens (primary N) is 1. The molecule has 25 heavy (non-hydrogen) atoms. The molecule has 0 aromatic heterocycles. The van der Waals surface area contributed by atoms with Crippen LogP contribution in [0.1, 0.15) is 28.9 Å². The lowest BCUT2D eigenvalue weighted by Crippen LogP contribution is -2.31. The van der Waals surface area contributed by atoms with Gasteiger partial charge in [-0.2, -0.15) is 0 Å². The van der Waals surface area contributed by atoms with Crippen LogP contribution in [0.5, 0.6) is 17.2 Å². The summed E-state index contributed by atoms with van der Waals surface area (Å²) in [7, 11) is 0. The van der Waals surface area contributed by atoms with Gasteiger partial charge in [0.05, 0.1) is 11.6 Å². The molecule has 0 saturated heterocycles. The summed E-state index contributed by atoms with van der Waals surface area (Å²) in [6.07, 6.45) is 0. The molecule has 1 heterocycles. The molecule has 3 rings (SSSR count). The quantitative estimate of drug-likeness (QED) is 0.833. The molecular weight excluding hydrogens is 324 g/mol. The maximum atomic E-state index is 12.1. The van der Waals surface area contributed by atoms with E-state index in [9.17, 15) is 9.59 Å². The number of ether oxygens (including phenoxy) is 3. The number of hydrogen-bond acceptors (Lipinski definition) is 5. The third-order valence-electron chi connectivity index (χ3n) is 3.79. The second kappa shape index (κ2) is 7.12. The van der Waals surface area contributed by atoms with Crippen molar-refractivity contribution in [2.75, 3.05) is 13.4 Å². The Morgan fingerprint density at radius 3 is 2.76 bits per heavy atom. The van der Waals surface area contributed by atoms with E-state index < -0.39 is 5.91 Å². The van der Waals surface area contributed by atoms with Gasteiger partial charge in [-0.05, 0) is 36.8 Å². The number of para-hydroxylation sites is 1. The fraction of sp³-hybridized carbons (Fsp3) is 0.222. The molecule has 2 aromatic rings. The Bertz CT molecular complexity index is 806. The molecule has 2 aromatic carbocycles. The highest BCUT2D eigenvalue weighted by Crippen LogP contribution is 2.34. The lowest BCUT2D eigenvalue weighted by Gasteiger charge is -2.15. The number of carbonyl (C=O) groups excluding carboxylic acids is 2. The Balaban J connectivity index is 1.58. The van der Waals surface area contributed by atoms with Gasteiger partial charge in [0.25, 0.3) is 11.8 Å². The molecule has 3 N–H and O–H groups in total. The van der Waals surface area contributed by atoms with Crippen molar-refractivity contribution in [3.8, 4) is 17.2 Å². The minimum atomic E-state index is -0.607. The zero-order valence-electron chi connectivity index (χ0n) is 13.7. The van der Waals surface area contributed by atoms with E-state index >= 15 is 0 Å². The number of hydrogen-bond donors (Lipinski definition) is 2. The normalized spacial score (nSPS) is 13.2. The number of rotatable bonds is 6. The van der Waals surface area contributed by atoms with Crippen LogP contribution in [-0.2, 0) is 4.79 Å². The molecule has 0 bridgehead atoms. The van der Waals surface area contributed by atoms with E-state index in [-0.39, 0.29) is 36.7 Å². The number of primary amides is 1. The Labute approximate surface area is 144 Å². The van der Waals surface area contributed by atoms with Crippen LogP contribution in [0.3, 0.4) is 0 Å². The van der Waals surface area contributed by atoms with Gasteiger partial charge in [0.2, 0.25) is 6.79 Å². The highest BCUT2D eigenvalue weighted by atomic mass is 16.7. The Kier molecular flexibility index (Phi) is 4.74. The number of nitrogens with one attached hydrogen (secondary N) is 1. The first kappa shape index (κ1) is 16.6. The average molecular weight is 342 g/mol. The van der Waals surface area contributed by atoms with Crippen molar-refractivity contribution in [2.24, 2.45) is 5.73 Å². The van der Waals surface area contributed by atoms with Crippen LogP contribution in [0.4, 0.5) is 0 Å². The van der Waals surface area contributed by atoms with Crippen molar-refractivity contribution in [1.29, 1.82) is 0 Å². The van der Waals surface area contributed by atoms with Gasteiger partial charge in [-0.1, -0.05) is 18.2 Å². The Morgan fingerprint density at radius 1 is 1.20 bits per heavy atom. The van der Waals surface area contributed by atoms with Crippen LogP contribution in [0.2, 0.25) is 0 Å². The molecule has 0 radical (unpaired) electrons. The summed E-state index contributed by atoms with van der Waals surface area (Å²) >= 11 is 0. The second-order valence-corrected chi connectivity index (χ2v) is 5.55. The van der Waals surface area contributed by atoms with E-state index in [1.807, 2.05) is 19.1 Å². The SMILES string of the molecule is CC(NC(=O)COc1ccccc1C(N)=O)c1ccc2c(c1)OCO2. The molecule has 0 saturated carbocycles. The Hall–Kier alpha value is -3.22. The maximum Gasteiger partial charge on any atom is 0.258 e. The zero-order valence-corrected chi connectivity index (χ0v) is 13.7. The monoisotopic (exact) mass is 342 g/mol. The van der Waals surface area contributed by atoms with Crippen LogP contribution in [0, 0.1) is 0 Å². The van der Waals surface area contributed by atoms with Crippen LogP contribution >= 0.6 is 0 Å². The van der Waals surface area contributed by atoms with E-state index in [4.69, 9.17) is 19.9 Å². The summed E-state index contributed by atoms with van der Waals surface area (Å²) in [5.41, 5.74) is 6.40. The largest absolute Gasteiger partial charge is 0.483 e. The van der Waals surface area contributed by atoms with E-state index in [1.165, 1.54) is 0 Å². The summed E-state index contributed by atoms with van der Waals surface area (Å²) in [6, 6.07) is 11.8. The van der Waals surface area contributed by atoms with Crippen molar-refractivity contribution in [3.63, 3.8) is 0 Å². The van der Waals surface area contributed by atoms with Crippen molar-refractivity contribution < 1.29 is 23.8 Å². The smallest absolute Gasteiger partial charge is 0.258 e. The summed E-state index contributed by atoms with van der Waals surface area (Å²) in [6.45, 7) is 1.83. The molecule has 130 valence electrons. The topological polar surface area (TPSA) is 99.9 Å². The highest BCUT2D eigenvalue weighted by Gasteiger charge is 2.17. The van der Waals surface area contributed by atoms with Gasteiger partial charge in [0.15, 0.2) is 18.1 Å². The lowest BCUT2D eigenvalue weighted by molar-refractivity contribution is -0.123. The summed E-state index contributed by atoms with van der Waals surface area (Å²) in [4.78, 5) is 23.4. The first-order valence-corrected chi connectivity index (χ1v) is 7.75. The highest BCUT2D eigenvalue weighted by molar-refractivity contribution is 5.95. The first-order chi connectivity index (χ1) is 12.0. The van der Waals surface area contributed by atoms with Crippen LogP contribution in [0.25, 0.3) is 0 Å². The van der Waals surface area contributed by atoms with Crippen molar-refractivity contribution >= 4 is 11.8 Å². The fourth-order valence-electron chi connectivity index (χ4n) is 2.49. The summed E-state index contributed by atoms with van der Waals surface area (Å²) in [5, 5.41) is 2.83. The molecule has 1 atom stereocenters. The Morgan fingerprint density at radius 2 is 1.96 bits per heavy atom. The molecule has 2 amide bonds. The first-order valence-electron chi connectivity index (χ1n) is 7.75. The number of fused-ring (bicyclic) bond motifs is 1. The van der Waals surface area contributed by atoms with Crippen molar-refractivity contribution in [1.82, 2.24) is 5.32 Å². The minimum Gasteiger partial charge on any atom is -0.483 e. The van der Waals surface area contributed by atoms with E-state index in [1.54, 1.807) is 30.3 Å². The minimum absolute atomic E-state index is 0.201. The molecule has 0 spiro atoms. The average Bonchev–Trinajstić information content (AvgIpc) is 3.07. The van der Waals surface area contributed by atoms with Crippen molar-refractivity contribution in [2.45, 2.75) is 13.0 Å². The summed E-state index contributed by atoms with van der Waals surface area (Å²) in [5.74, 6) is 0.703. The molecule has 0 fully saturated rings. The van der Waals surface area contributed by atoms with Gasteiger partial charge in [-0.25, -0.2) is 0 Å². The predicted molar refractivity (Wildman–Crippen MR) is 89.6 cm³/mol. The third kappa shape index (κ3) is 3.82. The molecule has 0 aliphatic carbocycles. The lowest BCUT2D eigenvalue weighted by atomic mass is 10.1. The van der Waals surface area contributed by atoms with Gasteiger partial charge in [0, 0.05) is 0 Å². The maximum absolute atomic E-state index is 12.1. The fourth-order valence-corrected chi connectivity index (χ4v) is 2.49. The third-order valence-corrected chi connectivity index (χ3v) is 3.79. The number of carbonyl (C=O) groups is 2. The van der Waals surface area contributed by atoms with E-state index in [0.717, 1.165) is 5.56 Å². The molecular formula is C18H18N2O5. The molecule has 7 nitrogen and oxygen atoms in total. The molecule has 7 heteroatoms. The van der Waals surface area contributed by atoms with E-state index in [0.29, 0.717) is 11.5 Å². The van der Waals surface area contributed by atoms with Gasteiger partial charge < -0.3 is 25.3 Å². The number of amides is 2. The number of benzene rings is 2. The molecule has 1 aliphatic rings. The standard InChI is InChI=1S/C18H18N2O5/c1-11(12-6-7-15-16(8-12)25-10-24-15)20-17(21)9-23-14-5-3-2-4-13(14)18(19)22/h2-8,11H,9-10H2,1H3,(H2,19,22)(H,20,21). The van der Waals surface area contributed by atoms with Crippen LogP contribution in [0.15, 0.2) is 42.5 Å². The molecule has 1 aliphatic heterocycles. The van der Waals surface area contributed by atoms with Gasteiger partial charge in [0.1, 0.15) is 5.75 Å². The predicted octanol–water partition coefficient (Wildman–Crippen LogP) is 1.77. The summed E-state index contributed by atoms with van der Waals surface area (Å²) < 4.78 is 16.0. The van der Waals surface area contributed by atoms with Gasteiger partial charge >= 0.3 is 0 Å². The van der Waals surface area contributed by atoms with Gasteiger partial charge in [-0.3, -0.25) is 9.59 Å². The van der Waals surface area contributed by atoms with Crippen molar-refractivity contribution in [3.05, 3.63) is 53.6 Å². The van der Waals surface area contributed by atoms with Gasteiger partial charge in [-0.15, -0.1) is 0 Å².